The van der Waals surface area contributed by atoms with Crippen molar-refractivity contribution >= 4 is 24.3 Å². The van der Waals surface area contributed by atoms with Crippen molar-refractivity contribution in [2.75, 3.05) is 20.8 Å². The third kappa shape index (κ3) is 6.78. The molecular formula is C11H23ClN2O4. The van der Waals surface area contributed by atoms with Crippen molar-refractivity contribution in [3.05, 3.63) is 0 Å². The number of nitrogens with two attached hydrogens (primary N) is 1. The summed E-state index contributed by atoms with van der Waals surface area (Å²) in [5, 5.41) is 2.62. The summed E-state index contributed by atoms with van der Waals surface area (Å²) in [4.78, 5) is 23.1. The molecule has 0 spiro atoms. The maximum atomic E-state index is 11.7. The van der Waals surface area contributed by atoms with Gasteiger partial charge in [0, 0.05) is 13.7 Å². The highest BCUT2D eigenvalue weighted by molar-refractivity contribution is 5.85. The Kier molecular flexibility index (Phi) is 10.9. The molecule has 2 unspecified atom stereocenters. The number of carbonyl (C=O) groups is 2. The lowest BCUT2D eigenvalue weighted by atomic mass is 10.0. The van der Waals surface area contributed by atoms with Crippen LogP contribution in [0, 0.1) is 5.92 Å². The first-order chi connectivity index (χ1) is 7.96. The van der Waals surface area contributed by atoms with Crippen LogP contribution in [0.4, 0.5) is 0 Å². The molecule has 108 valence electrons. The maximum absolute atomic E-state index is 11.7. The fraction of sp³-hybridized carbons (Fsp3) is 0.818. The third-order valence-corrected chi connectivity index (χ3v) is 2.45. The zero-order valence-corrected chi connectivity index (χ0v) is 12.1. The van der Waals surface area contributed by atoms with Gasteiger partial charge in [-0.3, -0.25) is 4.79 Å². The van der Waals surface area contributed by atoms with E-state index in [2.05, 4.69) is 10.1 Å². The topological polar surface area (TPSA) is 90.7 Å². The van der Waals surface area contributed by atoms with E-state index in [0.717, 1.165) is 0 Å². The summed E-state index contributed by atoms with van der Waals surface area (Å²) in [6.45, 7) is 3.92. The minimum atomic E-state index is -0.636. The molecule has 18 heavy (non-hydrogen) atoms. The monoisotopic (exact) mass is 282 g/mol. The Morgan fingerprint density at radius 2 is 1.83 bits per heavy atom. The Hall–Kier alpha value is -0.850. The SMILES string of the molecule is COC(=O)C(NC(=O)CC(CN)OC)C(C)C.Cl. The second-order valence-corrected chi connectivity index (χ2v) is 4.11. The fourth-order valence-corrected chi connectivity index (χ4v) is 1.33. The highest BCUT2D eigenvalue weighted by Gasteiger charge is 2.25. The Balaban J connectivity index is 0. The zero-order chi connectivity index (χ0) is 13.4. The molecule has 0 aliphatic carbocycles. The zero-order valence-electron chi connectivity index (χ0n) is 11.3. The lowest BCUT2D eigenvalue weighted by molar-refractivity contribution is -0.146. The van der Waals surface area contributed by atoms with E-state index in [9.17, 15) is 9.59 Å². The number of carbonyl (C=O) groups excluding carboxylic acids is 2. The van der Waals surface area contributed by atoms with Crippen LogP contribution in [0.25, 0.3) is 0 Å². The highest BCUT2D eigenvalue weighted by Crippen LogP contribution is 2.05. The molecule has 0 aromatic carbocycles. The van der Waals surface area contributed by atoms with E-state index in [4.69, 9.17) is 10.5 Å². The van der Waals surface area contributed by atoms with Crippen LogP contribution in [0.3, 0.4) is 0 Å². The van der Waals surface area contributed by atoms with Crippen LogP contribution in [0.15, 0.2) is 0 Å². The normalized spacial score (nSPS) is 13.4. The first kappa shape index (κ1) is 19.5. The molecule has 0 fully saturated rings. The number of nitrogens with one attached hydrogen (secondary N) is 1. The summed E-state index contributed by atoms with van der Waals surface area (Å²) in [7, 11) is 2.78. The number of hydrogen-bond acceptors (Lipinski definition) is 5. The van der Waals surface area contributed by atoms with Gasteiger partial charge in [-0.15, -0.1) is 12.4 Å². The Labute approximate surface area is 114 Å². The van der Waals surface area contributed by atoms with Crippen molar-refractivity contribution in [2.45, 2.75) is 32.4 Å². The van der Waals surface area contributed by atoms with Crippen molar-refractivity contribution < 1.29 is 19.1 Å². The predicted octanol–water partition coefficient (Wildman–Crippen LogP) is 0.0858. The minimum absolute atomic E-state index is 0. The highest BCUT2D eigenvalue weighted by atomic mass is 35.5. The van der Waals surface area contributed by atoms with E-state index in [-0.39, 0.29) is 43.3 Å². The van der Waals surface area contributed by atoms with Gasteiger partial charge in [-0.05, 0) is 5.92 Å². The molecule has 2 atom stereocenters. The molecule has 0 saturated carbocycles. The van der Waals surface area contributed by atoms with Crippen LogP contribution in [0.2, 0.25) is 0 Å². The van der Waals surface area contributed by atoms with E-state index in [1.54, 1.807) is 0 Å². The smallest absolute Gasteiger partial charge is 0.328 e. The van der Waals surface area contributed by atoms with Crippen molar-refractivity contribution in [3.8, 4) is 0 Å². The van der Waals surface area contributed by atoms with Crippen molar-refractivity contribution in [3.63, 3.8) is 0 Å². The van der Waals surface area contributed by atoms with Crippen LogP contribution in [-0.4, -0.2) is 44.8 Å². The van der Waals surface area contributed by atoms with E-state index in [1.165, 1.54) is 14.2 Å². The van der Waals surface area contributed by atoms with Gasteiger partial charge in [-0.25, -0.2) is 4.79 Å². The fourth-order valence-electron chi connectivity index (χ4n) is 1.33. The van der Waals surface area contributed by atoms with Gasteiger partial charge in [0.05, 0.1) is 19.6 Å². The Morgan fingerprint density at radius 1 is 1.28 bits per heavy atom. The number of amides is 1. The number of esters is 1. The number of rotatable bonds is 7. The molecule has 1 amide bonds. The van der Waals surface area contributed by atoms with E-state index in [1.807, 2.05) is 13.8 Å². The molecule has 0 aromatic rings. The van der Waals surface area contributed by atoms with E-state index < -0.39 is 12.0 Å². The van der Waals surface area contributed by atoms with Gasteiger partial charge in [-0.1, -0.05) is 13.8 Å². The van der Waals surface area contributed by atoms with Crippen LogP contribution in [-0.2, 0) is 19.1 Å². The van der Waals surface area contributed by atoms with Gasteiger partial charge >= 0.3 is 5.97 Å². The van der Waals surface area contributed by atoms with Gasteiger partial charge in [0.1, 0.15) is 6.04 Å². The van der Waals surface area contributed by atoms with Crippen LogP contribution in [0.1, 0.15) is 20.3 Å². The standard InChI is InChI=1S/C11H22N2O4.ClH/c1-7(2)10(11(15)17-4)13-9(14)5-8(6-12)16-3;/h7-8,10H,5-6,12H2,1-4H3,(H,13,14);1H. The first-order valence-electron chi connectivity index (χ1n) is 5.56. The summed E-state index contributed by atoms with van der Waals surface area (Å²) >= 11 is 0. The summed E-state index contributed by atoms with van der Waals surface area (Å²) in [6.07, 6.45) is -0.201. The second kappa shape index (κ2) is 10.1. The van der Waals surface area contributed by atoms with E-state index >= 15 is 0 Å². The summed E-state index contributed by atoms with van der Waals surface area (Å²) < 4.78 is 9.62. The molecule has 0 bridgehead atoms. The van der Waals surface area contributed by atoms with Gasteiger partial charge < -0.3 is 20.5 Å². The van der Waals surface area contributed by atoms with Gasteiger partial charge in [0.2, 0.25) is 5.91 Å². The Morgan fingerprint density at radius 3 is 2.17 bits per heavy atom. The summed E-state index contributed by atoms with van der Waals surface area (Å²) in [5.74, 6) is -0.758. The first-order valence-corrected chi connectivity index (χ1v) is 5.56. The summed E-state index contributed by atoms with van der Waals surface area (Å²) in [5.41, 5.74) is 5.41. The average Bonchev–Trinajstić information content (AvgIpc) is 2.31. The molecule has 0 saturated heterocycles. The van der Waals surface area contributed by atoms with Crippen LogP contribution >= 0.6 is 12.4 Å². The largest absolute Gasteiger partial charge is 0.467 e. The molecular weight excluding hydrogens is 260 g/mol. The number of hydrogen-bond donors (Lipinski definition) is 2. The van der Waals surface area contributed by atoms with Gasteiger partial charge in [0.25, 0.3) is 0 Å². The second-order valence-electron chi connectivity index (χ2n) is 4.11. The quantitative estimate of drug-likeness (QED) is 0.646. The number of methoxy groups -OCH3 is 2. The van der Waals surface area contributed by atoms with Crippen LogP contribution < -0.4 is 11.1 Å². The van der Waals surface area contributed by atoms with Gasteiger partial charge in [0.15, 0.2) is 0 Å². The lowest BCUT2D eigenvalue weighted by Crippen LogP contribution is -2.46. The van der Waals surface area contributed by atoms with Crippen molar-refractivity contribution in [1.82, 2.24) is 5.32 Å². The molecule has 3 N–H and O–H groups in total. The molecule has 0 radical (unpaired) electrons. The lowest BCUT2D eigenvalue weighted by Gasteiger charge is -2.21. The number of halogens is 1. The molecule has 6 nitrogen and oxygen atoms in total. The van der Waals surface area contributed by atoms with E-state index in [0.29, 0.717) is 0 Å². The molecule has 0 aliphatic heterocycles. The number of ether oxygens (including phenoxy) is 2. The molecule has 0 aromatic heterocycles. The molecule has 0 heterocycles. The minimum Gasteiger partial charge on any atom is -0.467 e. The molecule has 7 heteroatoms. The van der Waals surface area contributed by atoms with Crippen molar-refractivity contribution in [1.29, 1.82) is 0 Å². The van der Waals surface area contributed by atoms with Gasteiger partial charge in [-0.2, -0.15) is 0 Å². The van der Waals surface area contributed by atoms with Crippen LogP contribution in [0.5, 0.6) is 0 Å². The van der Waals surface area contributed by atoms with Crippen molar-refractivity contribution in [2.24, 2.45) is 11.7 Å². The average molecular weight is 283 g/mol. The predicted molar refractivity (Wildman–Crippen MR) is 70.5 cm³/mol. The molecule has 0 rings (SSSR count). The Bertz CT molecular complexity index is 257. The molecule has 0 aliphatic rings. The third-order valence-electron chi connectivity index (χ3n) is 2.45. The maximum Gasteiger partial charge on any atom is 0.328 e. The summed E-state index contributed by atoms with van der Waals surface area (Å²) in [6, 6.07) is -0.636.